The normalized spacial score (nSPS) is 19.6. The predicted molar refractivity (Wildman–Crippen MR) is 72.0 cm³/mol. The summed E-state index contributed by atoms with van der Waals surface area (Å²) < 4.78 is 31.0. The van der Waals surface area contributed by atoms with Crippen LogP contribution in [0.25, 0.3) is 0 Å². The molecule has 1 aromatic rings. The minimum atomic E-state index is -2.70. The molecule has 1 heterocycles. The summed E-state index contributed by atoms with van der Waals surface area (Å²) in [6.07, 6.45) is 0.663. The average molecular weight is 283 g/mol. The van der Waals surface area contributed by atoms with Gasteiger partial charge in [0, 0.05) is 19.5 Å². The minimum absolute atomic E-state index is 0.0289. The van der Waals surface area contributed by atoms with Crippen molar-refractivity contribution in [1.82, 2.24) is 4.90 Å². The van der Waals surface area contributed by atoms with Crippen LogP contribution in [-0.2, 0) is 17.7 Å². The number of fused-ring (bicyclic) bond motifs is 1. The first-order valence-electron chi connectivity index (χ1n) is 6.62. The highest BCUT2D eigenvalue weighted by Gasteiger charge is 2.31. The van der Waals surface area contributed by atoms with Gasteiger partial charge in [-0.15, -0.1) is 0 Å². The van der Waals surface area contributed by atoms with Crippen LogP contribution in [0.1, 0.15) is 35.3 Å². The largest absolute Gasteiger partial charge is 0.465 e. The third kappa shape index (κ3) is 3.33. The number of methoxy groups -OCH3 is 1. The van der Waals surface area contributed by atoms with Gasteiger partial charge in [-0.3, -0.25) is 4.90 Å². The summed E-state index contributed by atoms with van der Waals surface area (Å²) in [4.78, 5) is 13.3. The Labute approximate surface area is 117 Å². The summed E-state index contributed by atoms with van der Waals surface area (Å²) >= 11 is 0. The Bertz CT molecular complexity index is 511. The van der Waals surface area contributed by atoms with Crippen LogP contribution in [0.3, 0.4) is 0 Å². The standard InChI is InChI=1S/C15H19F2NO2/c1-10-6-13-7-11(14(19)20-3)4-5-12(13)8-18(10)9-15(2,16)17/h4-5,7,10H,6,8-9H2,1-3H3. The van der Waals surface area contributed by atoms with Crippen LogP contribution >= 0.6 is 0 Å². The zero-order valence-corrected chi connectivity index (χ0v) is 12.0. The summed E-state index contributed by atoms with van der Waals surface area (Å²) in [5.41, 5.74) is 2.55. The van der Waals surface area contributed by atoms with Gasteiger partial charge in [0.1, 0.15) is 0 Å². The third-order valence-corrected chi connectivity index (χ3v) is 3.62. The first-order valence-corrected chi connectivity index (χ1v) is 6.62. The van der Waals surface area contributed by atoms with E-state index in [1.165, 1.54) is 7.11 Å². The van der Waals surface area contributed by atoms with Crippen LogP contribution in [-0.4, -0.2) is 36.5 Å². The van der Waals surface area contributed by atoms with Gasteiger partial charge in [-0.1, -0.05) is 6.07 Å². The number of esters is 1. The monoisotopic (exact) mass is 283 g/mol. The van der Waals surface area contributed by atoms with Gasteiger partial charge in [0.15, 0.2) is 0 Å². The van der Waals surface area contributed by atoms with Crippen molar-refractivity contribution in [3.05, 3.63) is 34.9 Å². The first kappa shape index (κ1) is 14.9. The highest BCUT2D eigenvalue weighted by molar-refractivity contribution is 5.89. The molecular weight excluding hydrogens is 264 g/mol. The molecule has 0 amide bonds. The second-order valence-electron chi connectivity index (χ2n) is 5.50. The molecule has 110 valence electrons. The van der Waals surface area contributed by atoms with Crippen molar-refractivity contribution in [2.24, 2.45) is 0 Å². The lowest BCUT2D eigenvalue weighted by Gasteiger charge is -2.36. The SMILES string of the molecule is COC(=O)c1ccc2c(c1)CC(C)N(CC(C)(F)F)C2. The number of nitrogens with zero attached hydrogens (tertiary/aromatic N) is 1. The van der Waals surface area contributed by atoms with Crippen molar-refractivity contribution >= 4 is 5.97 Å². The van der Waals surface area contributed by atoms with Crippen molar-refractivity contribution in [3.63, 3.8) is 0 Å². The number of ether oxygens (including phenoxy) is 1. The van der Waals surface area contributed by atoms with Crippen LogP contribution in [0, 0.1) is 0 Å². The molecule has 1 unspecified atom stereocenters. The third-order valence-electron chi connectivity index (χ3n) is 3.62. The molecule has 5 heteroatoms. The fourth-order valence-corrected chi connectivity index (χ4v) is 2.61. The number of hydrogen-bond donors (Lipinski definition) is 0. The van der Waals surface area contributed by atoms with E-state index >= 15 is 0 Å². The molecule has 0 saturated heterocycles. The molecule has 0 spiro atoms. The van der Waals surface area contributed by atoms with E-state index in [1.54, 1.807) is 17.0 Å². The number of rotatable bonds is 3. The Hall–Kier alpha value is -1.49. The molecule has 0 fully saturated rings. The molecule has 3 nitrogen and oxygen atoms in total. The minimum Gasteiger partial charge on any atom is -0.465 e. The summed E-state index contributed by atoms with van der Waals surface area (Å²) in [6.45, 7) is 3.11. The summed E-state index contributed by atoms with van der Waals surface area (Å²) in [7, 11) is 1.34. The van der Waals surface area contributed by atoms with Gasteiger partial charge in [0.25, 0.3) is 5.92 Å². The molecule has 0 N–H and O–H groups in total. The molecule has 0 radical (unpaired) electrons. The quantitative estimate of drug-likeness (QED) is 0.799. The molecule has 0 aliphatic carbocycles. The number of alkyl halides is 2. The Morgan fingerprint density at radius 3 is 2.75 bits per heavy atom. The van der Waals surface area contributed by atoms with Gasteiger partial charge < -0.3 is 4.74 Å². The van der Waals surface area contributed by atoms with E-state index in [9.17, 15) is 13.6 Å². The van der Waals surface area contributed by atoms with Gasteiger partial charge >= 0.3 is 5.97 Å². The molecule has 1 aromatic carbocycles. The van der Waals surface area contributed by atoms with Crippen molar-refractivity contribution < 1.29 is 18.3 Å². The van der Waals surface area contributed by atoms with Crippen molar-refractivity contribution in [2.45, 2.75) is 38.8 Å². The second kappa shape index (κ2) is 5.48. The molecule has 20 heavy (non-hydrogen) atoms. The van der Waals surface area contributed by atoms with Gasteiger partial charge in [0.2, 0.25) is 0 Å². The van der Waals surface area contributed by atoms with Crippen LogP contribution < -0.4 is 0 Å². The Kier molecular flexibility index (Phi) is 4.09. The molecule has 0 bridgehead atoms. The molecular formula is C15H19F2NO2. The van der Waals surface area contributed by atoms with Crippen LogP contribution in [0.15, 0.2) is 18.2 Å². The van der Waals surface area contributed by atoms with E-state index in [4.69, 9.17) is 4.74 Å². The van der Waals surface area contributed by atoms with Crippen molar-refractivity contribution in [1.29, 1.82) is 0 Å². The predicted octanol–water partition coefficient (Wildman–Crippen LogP) is 2.88. The highest BCUT2D eigenvalue weighted by Crippen LogP contribution is 2.27. The fourth-order valence-electron chi connectivity index (χ4n) is 2.61. The number of carbonyl (C=O) groups excluding carboxylic acids is 1. The average Bonchev–Trinajstić information content (AvgIpc) is 2.36. The zero-order valence-electron chi connectivity index (χ0n) is 12.0. The van der Waals surface area contributed by atoms with E-state index in [0.29, 0.717) is 18.5 Å². The lowest BCUT2D eigenvalue weighted by atomic mass is 9.93. The molecule has 1 atom stereocenters. The fraction of sp³-hybridized carbons (Fsp3) is 0.533. The Morgan fingerprint density at radius 1 is 1.45 bits per heavy atom. The topological polar surface area (TPSA) is 29.5 Å². The van der Waals surface area contributed by atoms with Gasteiger partial charge in [0.05, 0.1) is 19.2 Å². The van der Waals surface area contributed by atoms with Gasteiger partial charge in [-0.05, 0) is 36.6 Å². The first-order chi connectivity index (χ1) is 9.30. The molecule has 1 aliphatic rings. The van der Waals surface area contributed by atoms with Crippen LogP contribution in [0.5, 0.6) is 0 Å². The Morgan fingerprint density at radius 2 is 2.15 bits per heavy atom. The van der Waals surface area contributed by atoms with E-state index in [0.717, 1.165) is 18.1 Å². The van der Waals surface area contributed by atoms with E-state index in [1.807, 2.05) is 13.0 Å². The van der Waals surface area contributed by atoms with E-state index in [-0.39, 0.29) is 18.6 Å². The lowest BCUT2D eigenvalue weighted by molar-refractivity contribution is -0.0290. The summed E-state index contributed by atoms with van der Waals surface area (Å²) in [6, 6.07) is 5.34. The molecule has 2 rings (SSSR count). The number of hydrogen-bond acceptors (Lipinski definition) is 3. The lowest BCUT2D eigenvalue weighted by Crippen LogP contribution is -2.44. The Balaban J connectivity index is 2.21. The van der Waals surface area contributed by atoms with Crippen molar-refractivity contribution in [2.75, 3.05) is 13.7 Å². The van der Waals surface area contributed by atoms with Crippen molar-refractivity contribution in [3.8, 4) is 0 Å². The number of carbonyl (C=O) groups is 1. The maximum Gasteiger partial charge on any atom is 0.337 e. The van der Waals surface area contributed by atoms with Gasteiger partial charge in [-0.2, -0.15) is 0 Å². The smallest absolute Gasteiger partial charge is 0.337 e. The maximum atomic E-state index is 13.2. The van der Waals surface area contributed by atoms with E-state index in [2.05, 4.69) is 0 Å². The zero-order chi connectivity index (χ0) is 14.9. The summed E-state index contributed by atoms with van der Waals surface area (Å²) in [5.74, 6) is -3.07. The summed E-state index contributed by atoms with van der Waals surface area (Å²) in [5, 5.41) is 0. The van der Waals surface area contributed by atoms with Gasteiger partial charge in [-0.25, -0.2) is 13.6 Å². The highest BCUT2D eigenvalue weighted by atomic mass is 19.3. The molecule has 0 saturated carbocycles. The second-order valence-corrected chi connectivity index (χ2v) is 5.50. The molecule has 1 aliphatic heterocycles. The van der Waals surface area contributed by atoms with E-state index < -0.39 is 5.92 Å². The van der Waals surface area contributed by atoms with Crippen LogP contribution in [0.4, 0.5) is 8.78 Å². The van der Waals surface area contributed by atoms with Crippen LogP contribution in [0.2, 0.25) is 0 Å². The molecule has 0 aromatic heterocycles. The maximum absolute atomic E-state index is 13.2. The number of benzene rings is 1. The number of halogens is 2.